The Balaban J connectivity index is 0.0000148. The SMILES string of the molecule is Cc1c(N)nc([C@H](CC(N)=O)NC[C@H](N)C(N)=O)nc1C(=O)N[C@H](C(=O)N[C@H](C)[C@@H](O)[C@H](C)C(=O)N[C@H](C(=O)NCCc1nc(-c2nc(C(=O)NCCC[S+](C)C)cs2)cs1)[C@@H](C)O)[C@@H](O[C@H]1O[C@H](CO)[C@@H](O)[C@H](O)[C@@H]1O)c1cnc[nH]1.[I-]. The highest BCUT2D eigenvalue weighted by molar-refractivity contribution is 7.95. The minimum atomic E-state index is -2.03. The Kier molecular flexibility index (Phi) is 27.4. The molecule has 0 saturated carbocycles. The average molecular weight is 1340 g/mol. The Hall–Kier alpha value is -5.68. The molecule has 1 fully saturated rings. The van der Waals surface area contributed by atoms with Crippen molar-refractivity contribution in [2.45, 2.75) is 126 Å². The zero-order valence-electron chi connectivity index (χ0n) is 46.1. The first-order valence-electron chi connectivity index (χ1n) is 25.7. The van der Waals surface area contributed by atoms with Crippen LogP contribution in [0, 0.1) is 12.8 Å². The molecule has 4 aromatic rings. The molecule has 4 aromatic heterocycles. The van der Waals surface area contributed by atoms with Gasteiger partial charge in [0.25, 0.3) is 11.8 Å². The fraction of sp³-hybridized carbons (Fsp3) is 0.583. The highest BCUT2D eigenvalue weighted by atomic mass is 127. The fourth-order valence-electron chi connectivity index (χ4n) is 8.07. The molecule has 14 atom stereocenters. The Labute approximate surface area is 504 Å². The van der Waals surface area contributed by atoms with Gasteiger partial charge in [-0.3, -0.25) is 33.6 Å². The topological polar surface area (TPSA) is 516 Å². The molecule has 1 saturated heterocycles. The number of ether oxygens (including phenoxy) is 2. The number of aromatic amines is 1. The molecule has 21 N–H and O–H groups in total. The number of imidazole rings is 1. The smallest absolute Gasteiger partial charge is 0.271 e. The lowest BCUT2D eigenvalue weighted by Gasteiger charge is -2.41. The molecule has 460 valence electrons. The molecule has 0 radical (unpaired) electrons. The largest absolute Gasteiger partial charge is 1.00 e. The molecule has 0 aromatic carbocycles. The van der Waals surface area contributed by atoms with E-state index < -0.39 is 139 Å². The van der Waals surface area contributed by atoms with Gasteiger partial charge in [-0.25, -0.2) is 24.9 Å². The van der Waals surface area contributed by atoms with Crippen LogP contribution in [0.25, 0.3) is 10.7 Å². The van der Waals surface area contributed by atoms with E-state index in [4.69, 9.17) is 32.4 Å². The highest BCUT2D eigenvalue weighted by Gasteiger charge is 2.47. The third kappa shape index (κ3) is 19.4. The monoisotopic (exact) mass is 1340 g/mol. The predicted molar refractivity (Wildman–Crippen MR) is 298 cm³/mol. The Bertz CT molecular complexity index is 2820. The van der Waals surface area contributed by atoms with Crippen LogP contribution in [0.5, 0.6) is 0 Å². The molecule has 5 rings (SSSR count). The standard InChI is InChI=1S/C48H72N16O15S3.HI/c1-19-31(61-41(64-39(19)51)24(12-29(50)67)56-13-23(49)40(52)72)45(76)63-33(38(25-14-53-18-57-25)79-48-37(71)36(70)35(69)28(15-65)78-48)46(77)58-21(3)34(68)20(2)42(73)62-32(22(4)66)44(75)55-10-8-30-59-27(17-80-30)47-60-26(16-81-47)43(74)54-9-7-11-82(5)6;/h14,16-18,20-24,28,32-38,48,56,65-66,68-71H,7-13,15,49H2,1-6H3,(H11-,50,51,52,53,54,55,57,58,61,62,63,64,67,72,73,74,75,76,77);1H/t20-,21+,22+,23-,24-,28+,32-,33-,34-,35+,36-,37-,38-,48+;/m0./s1. The number of nitrogens with zero attached hydrogens (tertiary/aromatic N) is 5. The van der Waals surface area contributed by atoms with Crippen molar-refractivity contribution in [1.82, 2.24) is 61.8 Å². The molecular weight excluding hydrogens is 1260 g/mol. The maximum atomic E-state index is 14.7. The van der Waals surface area contributed by atoms with Crippen LogP contribution in [0.1, 0.15) is 88.8 Å². The summed E-state index contributed by atoms with van der Waals surface area (Å²) in [5.41, 5.74) is 23.0. The number of anilines is 1. The minimum absolute atomic E-state index is 0. The number of hydrogen-bond acceptors (Lipinski definition) is 25. The van der Waals surface area contributed by atoms with Crippen molar-refractivity contribution in [3.05, 3.63) is 56.8 Å². The number of thiazole rings is 2. The first kappa shape index (κ1) is 69.8. The summed E-state index contributed by atoms with van der Waals surface area (Å²) in [5, 5.41) is 84.7. The second-order valence-electron chi connectivity index (χ2n) is 19.6. The van der Waals surface area contributed by atoms with Crippen molar-refractivity contribution in [1.29, 1.82) is 0 Å². The van der Waals surface area contributed by atoms with E-state index in [9.17, 15) is 64.2 Å². The molecule has 1 aliphatic rings. The van der Waals surface area contributed by atoms with E-state index in [0.717, 1.165) is 24.7 Å². The van der Waals surface area contributed by atoms with Gasteiger partial charge in [-0.05, 0) is 31.7 Å². The van der Waals surface area contributed by atoms with E-state index in [1.54, 1.807) is 10.8 Å². The first-order valence-corrected chi connectivity index (χ1v) is 29.6. The number of nitrogens with two attached hydrogens (primary N) is 4. The number of halogens is 1. The van der Waals surface area contributed by atoms with Crippen molar-refractivity contribution >= 4 is 80.7 Å². The van der Waals surface area contributed by atoms with Crippen LogP contribution in [0.3, 0.4) is 0 Å². The summed E-state index contributed by atoms with van der Waals surface area (Å²) in [5.74, 6) is -6.99. The Morgan fingerprint density at radius 1 is 0.867 bits per heavy atom. The van der Waals surface area contributed by atoms with Gasteiger partial charge in [-0.15, -0.1) is 22.7 Å². The summed E-state index contributed by atoms with van der Waals surface area (Å²) < 4.78 is 11.7. The number of nitrogen functional groups attached to an aromatic ring is 1. The number of amides is 7. The number of carbonyl (C=O) groups is 7. The van der Waals surface area contributed by atoms with E-state index in [2.05, 4.69) is 74.3 Å². The van der Waals surface area contributed by atoms with Gasteiger partial charge in [0.1, 0.15) is 82.1 Å². The van der Waals surface area contributed by atoms with Crippen molar-refractivity contribution in [3.63, 3.8) is 0 Å². The quantitative estimate of drug-likeness (QED) is 0.0126. The van der Waals surface area contributed by atoms with Gasteiger partial charge in [0, 0.05) is 55.2 Å². The number of aliphatic hydroxyl groups is 6. The number of rotatable bonds is 31. The van der Waals surface area contributed by atoms with Crippen LogP contribution in [0.4, 0.5) is 5.82 Å². The maximum Gasteiger partial charge on any atom is 0.271 e. The summed E-state index contributed by atoms with van der Waals surface area (Å²) in [6.07, 6.45) is -6.98. The molecule has 83 heavy (non-hydrogen) atoms. The lowest BCUT2D eigenvalue weighted by atomic mass is 9.96. The molecule has 5 heterocycles. The zero-order chi connectivity index (χ0) is 60.7. The van der Waals surface area contributed by atoms with Crippen molar-refractivity contribution < 1.29 is 97.7 Å². The lowest BCUT2D eigenvalue weighted by molar-refractivity contribution is -0.313. The van der Waals surface area contributed by atoms with Gasteiger partial charge < -0.3 is 124 Å². The van der Waals surface area contributed by atoms with Gasteiger partial charge >= 0.3 is 0 Å². The molecule has 35 heteroatoms. The highest BCUT2D eigenvalue weighted by Crippen LogP contribution is 2.31. The minimum Gasteiger partial charge on any atom is -1.00 e. The van der Waals surface area contributed by atoms with E-state index in [0.29, 0.717) is 22.3 Å². The van der Waals surface area contributed by atoms with Gasteiger partial charge in [-0.1, -0.05) is 6.92 Å². The number of carbonyl (C=O) groups excluding carboxylic acids is 7. The van der Waals surface area contributed by atoms with Gasteiger partial charge in [-0.2, -0.15) is 0 Å². The number of nitrogens with one attached hydrogen (secondary N) is 7. The van der Waals surface area contributed by atoms with Gasteiger partial charge in [0.15, 0.2) is 6.29 Å². The summed E-state index contributed by atoms with van der Waals surface area (Å²) in [6.45, 7) is 4.62. The van der Waals surface area contributed by atoms with Crippen LogP contribution in [-0.2, 0) is 50.8 Å². The third-order valence-corrected chi connectivity index (χ3v) is 15.8. The first-order chi connectivity index (χ1) is 38.7. The Morgan fingerprint density at radius 3 is 2.20 bits per heavy atom. The van der Waals surface area contributed by atoms with Gasteiger partial charge in [0.2, 0.25) is 29.5 Å². The Morgan fingerprint density at radius 2 is 1.58 bits per heavy atom. The van der Waals surface area contributed by atoms with E-state index in [-0.39, 0.29) is 88.9 Å². The molecule has 0 aliphatic carbocycles. The molecule has 0 bridgehead atoms. The number of hydrogen-bond donors (Lipinski definition) is 17. The molecule has 7 amide bonds. The normalized spacial score (nSPS) is 20.2. The fourth-order valence-corrected chi connectivity index (χ4v) is 10.4. The van der Waals surface area contributed by atoms with E-state index >= 15 is 0 Å². The molecular formula is C48H73IN16O15S3. The van der Waals surface area contributed by atoms with Crippen LogP contribution >= 0.6 is 22.7 Å². The second-order valence-corrected chi connectivity index (χ2v) is 23.8. The molecule has 31 nitrogen and oxygen atoms in total. The molecule has 0 spiro atoms. The van der Waals surface area contributed by atoms with Gasteiger partial charge in [0.05, 0.1) is 78.6 Å². The van der Waals surface area contributed by atoms with Crippen LogP contribution in [-0.4, -0.2) is 213 Å². The number of aromatic nitrogens is 6. The number of aliphatic hydroxyl groups excluding tert-OH is 6. The van der Waals surface area contributed by atoms with Crippen LogP contribution in [0.2, 0.25) is 0 Å². The maximum absolute atomic E-state index is 14.7. The summed E-state index contributed by atoms with van der Waals surface area (Å²) in [4.78, 5) is 117. The second kappa shape index (κ2) is 32.6. The molecule has 1 aliphatic heterocycles. The van der Waals surface area contributed by atoms with Crippen molar-refractivity contribution in [2.75, 3.05) is 50.2 Å². The number of H-pyrrole nitrogens is 1. The van der Waals surface area contributed by atoms with Crippen LogP contribution in [0.15, 0.2) is 23.3 Å². The third-order valence-electron chi connectivity index (χ3n) is 12.9. The van der Waals surface area contributed by atoms with Crippen molar-refractivity contribution in [2.24, 2.45) is 23.1 Å². The van der Waals surface area contributed by atoms with Crippen molar-refractivity contribution in [3.8, 4) is 10.7 Å². The predicted octanol–water partition coefficient (Wildman–Crippen LogP) is -8.63. The average Bonchev–Trinajstić information content (AvgIpc) is 4.34. The lowest BCUT2D eigenvalue weighted by Crippen LogP contribution is -3.00. The summed E-state index contributed by atoms with van der Waals surface area (Å²) in [6, 6.07) is -7.33. The van der Waals surface area contributed by atoms with Crippen LogP contribution < -0.4 is 78.8 Å². The summed E-state index contributed by atoms with van der Waals surface area (Å²) >= 11 is 2.57. The van der Waals surface area contributed by atoms with E-state index in [1.807, 2.05) is 0 Å². The van der Waals surface area contributed by atoms with E-state index in [1.165, 1.54) is 50.4 Å². The molecule has 0 unspecified atom stereocenters. The summed E-state index contributed by atoms with van der Waals surface area (Å²) in [7, 11) is 0.275. The zero-order valence-corrected chi connectivity index (χ0v) is 50.7. The number of primary amides is 2.